The fraction of sp³-hybridized carbons (Fsp3) is 0.480. The molecule has 1 aromatic heterocycles. The summed E-state index contributed by atoms with van der Waals surface area (Å²) in [5.74, 6) is 0.616. The highest BCUT2D eigenvalue weighted by Crippen LogP contribution is 2.52. The number of amides is 2. The summed E-state index contributed by atoms with van der Waals surface area (Å²) in [7, 11) is 0. The number of piperidine rings is 1. The van der Waals surface area contributed by atoms with Crippen LogP contribution in [0.4, 0.5) is 0 Å². The van der Waals surface area contributed by atoms with Crippen molar-refractivity contribution >= 4 is 11.8 Å². The van der Waals surface area contributed by atoms with E-state index in [1.165, 1.54) is 11.1 Å². The Hall–Kier alpha value is -2.69. The van der Waals surface area contributed by atoms with E-state index < -0.39 is 0 Å². The van der Waals surface area contributed by atoms with Crippen molar-refractivity contribution in [3.63, 3.8) is 0 Å². The second-order valence-electron chi connectivity index (χ2n) is 8.57. The molecular weight excluding hydrogens is 374 g/mol. The van der Waals surface area contributed by atoms with Gasteiger partial charge in [-0.3, -0.25) is 14.6 Å². The molecular formula is C25H31N3O2. The molecule has 0 saturated carbocycles. The van der Waals surface area contributed by atoms with Crippen molar-refractivity contribution < 1.29 is 9.59 Å². The zero-order valence-corrected chi connectivity index (χ0v) is 18.0. The van der Waals surface area contributed by atoms with Gasteiger partial charge < -0.3 is 9.80 Å². The molecule has 1 atom stereocenters. The maximum absolute atomic E-state index is 12.8. The molecule has 158 valence electrons. The zero-order chi connectivity index (χ0) is 21.1. The third kappa shape index (κ3) is 3.73. The maximum Gasteiger partial charge on any atom is 0.253 e. The van der Waals surface area contributed by atoms with E-state index in [0.29, 0.717) is 12.0 Å². The number of aromatic nitrogens is 1. The van der Waals surface area contributed by atoms with Crippen LogP contribution in [0.1, 0.15) is 66.9 Å². The number of likely N-dealkylation sites (tertiary alicyclic amines) is 1. The van der Waals surface area contributed by atoms with Crippen LogP contribution < -0.4 is 0 Å². The largest absolute Gasteiger partial charge is 0.343 e. The van der Waals surface area contributed by atoms with E-state index in [0.717, 1.165) is 45.4 Å². The highest BCUT2D eigenvalue weighted by atomic mass is 16.2. The molecule has 30 heavy (non-hydrogen) atoms. The summed E-state index contributed by atoms with van der Waals surface area (Å²) < 4.78 is 0. The number of carbonyl (C=O) groups is 2. The average molecular weight is 406 g/mol. The molecule has 0 unspecified atom stereocenters. The Morgan fingerprint density at radius 1 is 1.07 bits per heavy atom. The first-order valence-electron chi connectivity index (χ1n) is 11.1. The molecule has 1 aromatic carbocycles. The number of benzene rings is 1. The number of hydrogen-bond donors (Lipinski definition) is 0. The maximum atomic E-state index is 12.8. The normalized spacial score (nSPS) is 19.5. The van der Waals surface area contributed by atoms with Crippen LogP contribution in [0.15, 0.2) is 48.8 Å². The van der Waals surface area contributed by atoms with E-state index in [1.54, 1.807) is 24.5 Å². The van der Waals surface area contributed by atoms with Crippen molar-refractivity contribution in [2.45, 2.75) is 50.9 Å². The van der Waals surface area contributed by atoms with Gasteiger partial charge in [-0.05, 0) is 67.7 Å². The fourth-order valence-electron chi connectivity index (χ4n) is 5.41. The van der Waals surface area contributed by atoms with Gasteiger partial charge in [-0.1, -0.05) is 24.3 Å². The Morgan fingerprint density at radius 2 is 1.73 bits per heavy atom. The van der Waals surface area contributed by atoms with Gasteiger partial charge in [0.15, 0.2) is 0 Å². The third-order valence-corrected chi connectivity index (χ3v) is 7.08. The molecule has 1 saturated heterocycles. The Labute approximate surface area is 179 Å². The summed E-state index contributed by atoms with van der Waals surface area (Å²) in [6.07, 6.45) is 6.84. The van der Waals surface area contributed by atoms with E-state index in [-0.39, 0.29) is 23.1 Å². The van der Waals surface area contributed by atoms with Gasteiger partial charge in [-0.15, -0.1) is 0 Å². The van der Waals surface area contributed by atoms with E-state index in [2.05, 4.69) is 29.2 Å². The van der Waals surface area contributed by atoms with Crippen LogP contribution in [0.5, 0.6) is 0 Å². The van der Waals surface area contributed by atoms with Crippen molar-refractivity contribution in [2.24, 2.45) is 0 Å². The first-order chi connectivity index (χ1) is 14.6. The first kappa shape index (κ1) is 20.6. The van der Waals surface area contributed by atoms with Crippen LogP contribution in [0.2, 0.25) is 0 Å². The lowest BCUT2D eigenvalue weighted by Crippen LogP contribution is -2.44. The van der Waals surface area contributed by atoms with Crippen molar-refractivity contribution in [1.29, 1.82) is 0 Å². The minimum Gasteiger partial charge on any atom is -0.343 e. The molecule has 1 spiro atoms. The molecule has 5 heteroatoms. The van der Waals surface area contributed by atoms with Crippen LogP contribution in [0.3, 0.4) is 0 Å². The van der Waals surface area contributed by atoms with Gasteiger partial charge in [0.2, 0.25) is 5.91 Å². The number of rotatable bonds is 5. The monoisotopic (exact) mass is 405 g/mol. The predicted octanol–water partition coefficient (Wildman–Crippen LogP) is 4.00. The molecule has 2 aromatic rings. The second kappa shape index (κ2) is 8.58. The Bertz CT molecular complexity index is 900. The highest BCUT2D eigenvalue weighted by Gasteiger charge is 2.46. The van der Waals surface area contributed by atoms with Crippen molar-refractivity contribution in [3.8, 4) is 0 Å². The topological polar surface area (TPSA) is 53.5 Å². The van der Waals surface area contributed by atoms with Gasteiger partial charge in [0.1, 0.15) is 0 Å². The smallest absolute Gasteiger partial charge is 0.253 e. The van der Waals surface area contributed by atoms with Crippen LogP contribution in [-0.2, 0) is 10.2 Å². The molecule has 4 rings (SSSR count). The van der Waals surface area contributed by atoms with Gasteiger partial charge in [-0.25, -0.2) is 0 Å². The molecule has 5 nitrogen and oxygen atoms in total. The molecule has 2 heterocycles. The summed E-state index contributed by atoms with van der Waals surface area (Å²) in [6.45, 7) is 7.13. The van der Waals surface area contributed by atoms with Gasteiger partial charge in [0, 0.05) is 50.6 Å². The Balaban J connectivity index is 1.50. The lowest BCUT2D eigenvalue weighted by atomic mass is 9.73. The zero-order valence-electron chi connectivity index (χ0n) is 18.0. The summed E-state index contributed by atoms with van der Waals surface area (Å²) in [5, 5.41) is 0. The highest BCUT2D eigenvalue weighted by molar-refractivity contribution is 5.94. The average Bonchev–Trinajstić information content (AvgIpc) is 3.08. The van der Waals surface area contributed by atoms with Crippen molar-refractivity contribution in [3.05, 3.63) is 65.5 Å². The lowest BCUT2D eigenvalue weighted by molar-refractivity contribution is -0.131. The number of pyridine rings is 1. The van der Waals surface area contributed by atoms with Gasteiger partial charge in [-0.2, -0.15) is 0 Å². The van der Waals surface area contributed by atoms with Gasteiger partial charge >= 0.3 is 0 Å². The van der Waals surface area contributed by atoms with Crippen LogP contribution in [-0.4, -0.2) is 52.8 Å². The number of fused-ring (bicyclic) bond motifs is 2. The van der Waals surface area contributed by atoms with E-state index in [4.69, 9.17) is 0 Å². The SMILES string of the molecule is CCN(CC)C(=O)C[C@@H]1CC2(CCN(C(=O)c3ccncc3)CC2)c2ccccc21. The predicted molar refractivity (Wildman–Crippen MR) is 117 cm³/mol. The number of carbonyl (C=O) groups excluding carboxylic acids is 2. The van der Waals surface area contributed by atoms with E-state index >= 15 is 0 Å². The van der Waals surface area contributed by atoms with E-state index in [9.17, 15) is 9.59 Å². The van der Waals surface area contributed by atoms with Crippen LogP contribution in [0, 0.1) is 0 Å². The minimum absolute atomic E-state index is 0.0832. The molecule has 1 aliphatic heterocycles. The van der Waals surface area contributed by atoms with Crippen molar-refractivity contribution in [2.75, 3.05) is 26.2 Å². The molecule has 1 fully saturated rings. The second-order valence-corrected chi connectivity index (χ2v) is 8.57. The summed E-state index contributed by atoms with van der Waals surface area (Å²) in [6, 6.07) is 12.2. The van der Waals surface area contributed by atoms with Crippen molar-refractivity contribution in [1.82, 2.24) is 14.8 Å². The Kier molecular flexibility index (Phi) is 5.89. The van der Waals surface area contributed by atoms with Crippen LogP contribution in [0.25, 0.3) is 0 Å². The van der Waals surface area contributed by atoms with Crippen LogP contribution >= 0.6 is 0 Å². The lowest BCUT2D eigenvalue weighted by Gasteiger charge is -2.40. The standard InChI is InChI=1S/C25H31N3O2/c1-3-27(4-2)23(29)17-20-18-25(22-8-6-5-7-21(20)22)11-15-28(16-12-25)24(30)19-9-13-26-14-10-19/h5-10,13-14,20H,3-4,11-12,15-18H2,1-2H3/t20-/m1/s1. The minimum atomic E-state index is 0.0832. The molecule has 2 amide bonds. The summed E-state index contributed by atoms with van der Waals surface area (Å²) >= 11 is 0. The molecule has 0 radical (unpaired) electrons. The van der Waals surface area contributed by atoms with E-state index in [1.807, 2.05) is 23.6 Å². The summed E-state index contributed by atoms with van der Waals surface area (Å²) in [4.78, 5) is 33.6. The van der Waals surface area contributed by atoms with Gasteiger partial charge in [0.25, 0.3) is 5.91 Å². The molecule has 2 aliphatic rings. The number of hydrogen-bond acceptors (Lipinski definition) is 3. The number of nitrogens with zero attached hydrogens (tertiary/aromatic N) is 3. The molecule has 1 aliphatic carbocycles. The van der Waals surface area contributed by atoms with Gasteiger partial charge in [0.05, 0.1) is 0 Å². The molecule has 0 N–H and O–H groups in total. The third-order valence-electron chi connectivity index (χ3n) is 7.08. The Morgan fingerprint density at radius 3 is 2.40 bits per heavy atom. The summed E-state index contributed by atoms with van der Waals surface area (Å²) in [5.41, 5.74) is 3.53. The first-order valence-corrected chi connectivity index (χ1v) is 11.1. The quantitative estimate of drug-likeness (QED) is 0.755. The molecule has 0 bridgehead atoms. The fourth-order valence-corrected chi connectivity index (χ4v) is 5.41.